The fourth-order valence-electron chi connectivity index (χ4n) is 4.22. The van der Waals surface area contributed by atoms with Crippen LogP contribution in [0, 0.1) is 13.8 Å². The van der Waals surface area contributed by atoms with Gasteiger partial charge in [0, 0.05) is 13.2 Å². The van der Waals surface area contributed by atoms with Gasteiger partial charge >= 0.3 is 7.12 Å². The Morgan fingerprint density at radius 1 is 1.10 bits per heavy atom. The predicted octanol–water partition coefficient (Wildman–Crippen LogP) is 2.62. The fraction of sp³-hybridized carbons (Fsp3) is 0.682. The lowest BCUT2D eigenvalue weighted by molar-refractivity contribution is 0.00578. The molecule has 0 radical (unpaired) electrons. The minimum atomic E-state index is -0.508. The van der Waals surface area contributed by atoms with E-state index in [1.54, 1.807) is 0 Å². The third-order valence-corrected chi connectivity index (χ3v) is 6.96. The molecule has 6 nitrogen and oxygen atoms in total. The first-order chi connectivity index (χ1) is 13.6. The smallest absolute Gasteiger partial charge is 0.491 e. The molecule has 0 aromatic heterocycles. The average molecular weight is 401 g/mol. The van der Waals surface area contributed by atoms with E-state index in [0.717, 1.165) is 36.0 Å². The Morgan fingerprint density at radius 2 is 1.79 bits per heavy atom. The highest BCUT2D eigenvalue weighted by atomic mass is 16.7. The van der Waals surface area contributed by atoms with E-state index in [4.69, 9.17) is 18.8 Å². The van der Waals surface area contributed by atoms with Gasteiger partial charge in [0.15, 0.2) is 0 Å². The van der Waals surface area contributed by atoms with Crippen molar-refractivity contribution < 1.29 is 23.6 Å². The summed E-state index contributed by atoms with van der Waals surface area (Å²) in [4.78, 5) is 15.3. The van der Waals surface area contributed by atoms with Crippen molar-refractivity contribution in [3.8, 4) is 5.75 Å². The van der Waals surface area contributed by atoms with Gasteiger partial charge in [-0.1, -0.05) is 0 Å². The van der Waals surface area contributed by atoms with Gasteiger partial charge in [0.2, 0.25) is 0 Å². The van der Waals surface area contributed by atoms with Crippen molar-refractivity contribution in [2.75, 3.05) is 26.3 Å². The summed E-state index contributed by atoms with van der Waals surface area (Å²) in [5.74, 6) is 0.677. The van der Waals surface area contributed by atoms with Crippen molar-refractivity contribution in [1.29, 1.82) is 0 Å². The second-order valence-electron chi connectivity index (χ2n) is 9.42. The summed E-state index contributed by atoms with van der Waals surface area (Å²) in [7, 11) is -0.508. The lowest BCUT2D eigenvalue weighted by Gasteiger charge is -2.32. The summed E-state index contributed by atoms with van der Waals surface area (Å²) in [6.07, 6.45) is 2.18. The molecule has 3 heterocycles. The van der Waals surface area contributed by atoms with Crippen molar-refractivity contribution in [3.05, 3.63) is 22.8 Å². The molecule has 1 aromatic carbocycles. The van der Waals surface area contributed by atoms with Crippen LogP contribution in [-0.4, -0.2) is 61.5 Å². The zero-order valence-electron chi connectivity index (χ0n) is 18.5. The van der Waals surface area contributed by atoms with E-state index in [9.17, 15) is 4.79 Å². The maximum absolute atomic E-state index is 13.4. The fourth-order valence-corrected chi connectivity index (χ4v) is 4.22. The highest BCUT2D eigenvalue weighted by Crippen LogP contribution is 2.38. The number of ether oxygens (including phenoxy) is 2. The van der Waals surface area contributed by atoms with Gasteiger partial charge in [-0.15, -0.1) is 0 Å². The summed E-state index contributed by atoms with van der Waals surface area (Å²) >= 11 is 0. The lowest BCUT2D eigenvalue weighted by Crippen LogP contribution is -2.41. The number of rotatable bonds is 3. The van der Waals surface area contributed by atoms with Crippen LogP contribution in [0.25, 0.3) is 0 Å². The Kier molecular flexibility index (Phi) is 5.20. The van der Waals surface area contributed by atoms with Crippen molar-refractivity contribution in [3.63, 3.8) is 0 Å². The van der Waals surface area contributed by atoms with Crippen molar-refractivity contribution in [1.82, 2.24) is 4.90 Å². The quantitative estimate of drug-likeness (QED) is 0.729. The molecule has 0 aliphatic carbocycles. The van der Waals surface area contributed by atoms with Crippen LogP contribution in [-0.2, 0) is 14.0 Å². The molecule has 7 heteroatoms. The summed E-state index contributed by atoms with van der Waals surface area (Å²) < 4.78 is 24.3. The maximum atomic E-state index is 13.4. The number of carbonyl (C=O) groups is 1. The van der Waals surface area contributed by atoms with Gasteiger partial charge < -0.3 is 23.7 Å². The summed E-state index contributed by atoms with van der Waals surface area (Å²) in [5, 5.41) is 0. The van der Waals surface area contributed by atoms with E-state index >= 15 is 0 Å². The Balaban J connectivity index is 1.69. The topological polar surface area (TPSA) is 57.2 Å². The van der Waals surface area contributed by atoms with Crippen molar-refractivity contribution >= 4 is 18.5 Å². The molecular weight excluding hydrogens is 369 g/mol. The Hall–Kier alpha value is -1.57. The molecule has 2 saturated heterocycles. The van der Waals surface area contributed by atoms with Crippen LogP contribution >= 0.6 is 0 Å². The molecule has 0 spiro atoms. The van der Waals surface area contributed by atoms with Crippen molar-refractivity contribution in [2.24, 2.45) is 0 Å². The molecule has 3 aliphatic rings. The standard InChI is InChI=1S/C22H32BNO5/c1-14-15(2)19-17(12-18(14)23-28-21(3,4)22(5,6)29-23)20(25)24(9-11-27-19)13-16-8-7-10-26-16/h12,16H,7-11,13H2,1-6H3. The van der Waals surface area contributed by atoms with Gasteiger partial charge in [-0.3, -0.25) is 4.79 Å². The Labute approximate surface area is 174 Å². The van der Waals surface area contributed by atoms with Gasteiger partial charge in [-0.25, -0.2) is 0 Å². The number of benzene rings is 1. The average Bonchev–Trinajstić information content (AvgIpc) is 3.18. The highest BCUT2D eigenvalue weighted by molar-refractivity contribution is 6.62. The SMILES string of the molecule is Cc1c(B2OC(C)(C)C(C)(C)O2)cc2c(c1C)OCCN(CC1CCCO1)C2=O. The molecule has 0 bridgehead atoms. The molecule has 2 fully saturated rings. The first-order valence-corrected chi connectivity index (χ1v) is 10.6. The van der Waals surface area contributed by atoms with Crippen LogP contribution in [0.4, 0.5) is 0 Å². The van der Waals surface area contributed by atoms with E-state index in [1.807, 2.05) is 52.5 Å². The molecule has 1 unspecified atom stereocenters. The third-order valence-electron chi connectivity index (χ3n) is 6.96. The molecule has 0 saturated carbocycles. The summed E-state index contributed by atoms with van der Waals surface area (Å²) in [5.41, 5.74) is 2.64. The number of carbonyl (C=O) groups excluding carboxylic acids is 1. The predicted molar refractivity (Wildman–Crippen MR) is 112 cm³/mol. The molecule has 3 aliphatic heterocycles. The van der Waals surface area contributed by atoms with Crippen LogP contribution < -0.4 is 10.2 Å². The largest absolute Gasteiger partial charge is 0.495 e. The normalized spacial score (nSPS) is 25.7. The van der Waals surface area contributed by atoms with E-state index in [2.05, 4.69) is 0 Å². The highest BCUT2D eigenvalue weighted by Gasteiger charge is 2.52. The minimum Gasteiger partial charge on any atom is -0.491 e. The first kappa shape index (κ1) is 20.7. The molecule has 0 N–H and O–H groups in total. The van der Waals surface area contributed by atoms with Crippen LogP contribution in [0.1, 0.15) is 62.0 Å². The van der Waals surface area contributed by atoms with E-state index in [0.29, 0.717) is 31.0 Å². The molecule has 158 valence electrons. The molecular formula is C22H32BNO5. The zero-order chi connectivity index (χ0) is 21.0. The maximum Gasteiger partial charge on any atom is 0.495 e. The monoisotopic (exact) mass is 401 g/mol. The number of hydrogen-bond acceptors (Lipinski definition) is 5. The molecule has 29 heavy (non-hydrogen) atoms. The third kappa shape index (κ3) is 3.58. The van der Waals surface area contributed by atoms with Crippen molar-refractivity contribution in [2.45, 2.75) is 71.7 Å². The number of fused-ring (bicyclic) bond motifs is 1. The zero-order valence-corrected chi connectivity index (χ0v) is 18.5. The van der Waals surface area contributed by atoms with Crippen LogP contribution in [0.2, 0.25) is 0 Å². The van der Waals surface area contributed by atoms with Gasteiger partial charge in [-0.2, -0.15) is 0 Å². The molecule has 4 rings (SSSR count). The van der Waals surface area contributed by atoms with Crippen LogP contribution in [0.15, 0.2) is 6.07 Å². The second-order valence-corrected chi connectivity index (χ2v) is 9.42. The Bertz CT molecular complexity index is 800. The summed E-state index contributed by atoms with van der Waals surface area (Å²) in [6, 6.07) is 1.91. The van der Waals surface area contributed by atoms with Crippen LogP contribution in [0.5, 0.6) is 5.75 Å². The van der Waals surface area contributed by atoms with E-state index in [-0.39, 0.29) is 12.0 Å². The number of nitrogens with zero attached hydrogens (tertiary/aromatic N) is 1. The van der Waals surface area contributed by atoms with Crippen LogP contribution in [0.3, 0.4) is 0 Å². The van der Waals surface area contributed by atoms with E-state index in [1.165, 1.54) is 0 Å². The van der Waals surface area contributed by atoms with Gasteiger partial charge in [0.1, 0.15) is 12.4 Å². The lowest BCUT2D eigenvalue weighted by atomic mass is 9.74. The number of hydrogen-bond donors (Lipinski definition) is 0. The molecule has 1 atom stereocenters. The van der Waals surface area contributed by atoms with Gasteiger partial charge in [0.25, 0.3) is 5.91 Å². The molecule has 1 amide bonds. The second kappa shape index (κ2) is 7.29. The first-order valence-electron chi connectivity index (χ1n) is 10.6. The number of amides is 1. The minimum absolute atomic E-state index is 0.00568. The Morgan fingerprint density at radius 3 is 2.41 bits per heavy atom. The van der Waals surface area contributed by atoms with Gasteiger partial charge in [-0.05, 0) is 77.0 Å². The van der Waals surface area contributed by atoms with E-state index < -0.39 is 18.3 Å². The van der Waals surface area contributed by atoms with Gasteiger partial charge in [0.05, 0.1) is 29.4 Å². The summed E-state index contributed by atoms with van der Waals surface area (Å²) in [6.45, 7) is 14.6. The molecule has 1 aromatic rings.